The topological polar surface area (TPSA) is 37.4 Å². The second kappa shape index (κ2) is 6.06. The summed E-state index contributed by atoms with van der Waals surface area (Å²) in [7, 11) is 0. The van der Waals surface area contributed by atoms with Crippen LogP contribution in [0.3, 0.4) is 0 Å². The minimum Gasteiger partial charge on any atom is -0.274 e. The summed E-state index contributed by atoms with van der Waals surface area (Å²) in [5, 5.41) is 0.442. The molecule has 1 saturated heterocycles. The molecule has 3 atom stereocenters. The number of rotatable bonds is 2. The molecule has 3 unspecified atom stereocenters. The van der Waals surface area contributed by atoms with Crippen molar-refractivity contribution in [2.45, 2.75) is 25.2 Å². The van der Waals surface area contributed by atoms with E-state index in [9.17, 15) is 9.59 Å². The molecule has 0 bridgehead atoms. The van der Waals surface area contributed by atoms with Gasteiger partial charge in [0, 0.05) is 0 Å². The summed E-state index contributed by atoms with van der Waals surface area (Å²) in [6, 6.07) is 17.3. The van der Waals surface area contributed by atoms with Gasteiger partial charge in [0.25, 0.3) is 0 Å². The first-order valence-corrected chi connectivity index (χ1v) is 8.72. The summed E-state index contributed by atoms with van der Waals surface area (Å²) in [5.74, 6) is -0.278. The van der Waals surface area contributed by atoms with Gasteiger partial charge < -0.3 is 0 Å². The molecule has 1 aliphatic carbocycles. The Morgan fingerprint density at radius 1 is 0.833 bits per heavy atom. The lowest BCUT2D eigenvalue weighted by Crippen LogP contribution is -2.31. The van der Waals surface area contributed by atoms with E-state index in [0.29, 0.717) is 16.6 Å². The van der Waals surface area contributed by atoms with E-state index in [1.165, 1.54) is 10.5 Å². The minimum absolute atomic E-state index is 0.0930. The van der Waals surface area contributed by atoms with Crippen LogP contribution in [0, 0.1) is 11.8 Å². The molecule has 1 heterocycles. The molecule has 122 valence electrons. The van der Waals surface area contributed by atoms with E-state index in [1.54, 1.807) is 24.3 Å². The number of carbonyl (C=O) groups excluding carboxylic acids is 2. The Morgan fingerprint density at radius 3 is 2.25 bits per heavy atom. The van der Waals surface area contributed by atoms with Crippen LogP contribution in [0.25, 0.3) is 0 Å². The van der Waals surface area contributed by atoms with Crippen LogP contribution in [-0.4, -0.2) is 11.8 Å². The van der Waals surface area contributed by atoms with E-state index in [-0.39, 0.29) is 23.7 Å². The second-order valence-corrected chi connectivity index (χ2v) is 7.00. The molecule has 2 fully saturated rings. The highest BCUT2D eigenvalue weighted by Gasteiger charge is 2.51. The third-order valence-corrected chi connectivity index (χ3v) is 5.61. The Labute approximate surface area is 146 Å². The maximum atomic E-state index is 12.9. The quantitative estimate of drug-likeness (QED) is 0.760. The number of benzene rings is 2. The fourth-order valence-electron chi connectivity index (χ4n) is 4.08. The largest absolute Gasteiger partial charge is 0.274 e. The zero-order valence-corrected chi connectivity index (χ0v) is 13.9. The monoisotopic (exact) mass is 339 g/mol. The first kappa shape index (κ1) is 15.4. The van der Waals surface area contributed by atoms with Crippen molar-refractivity contribution in [3.8, 4) is 0 Å². The molecule has 3 nitrogen and oxygen atoms in total. The molecule has 2 aliphatic rings. The first-order chi connectivity index (χ1) is 11.7. The van der Waals surface area contributed by atoms with Crippen LogP contribution in [0.1, 0.15) is 30.7 Å². The highest BCUT2D eigenvalue weighted by atomic mass is 35.5. The molecule has 2 aromatic rings. The molecule has 2 amide bonds. The molecule has 2 aromatic carbocycles. The first-order valence-electron chi connectivity index (χ1n) is 8.34. The molecular weight excluding hydrogens is 322 g/mol. The standard InChI is InChI=1S/C20H18ClNO2/c21-17-8-4-5-9-18(17)22-19(23)15-11-10-14(12-16(15)20(22)24)13-6-2-1-3-7-13/h1-9,14-16H,10-12H2. The van der Waals surface area contributed by atoms with Gasteiger partial charge in [-0.15, -0.1) is 0 Å². The molecule has 1 saturated carbocycles. The fourth-order valence-corrected chi connectivity index (χ4v) is 4.30. The summed E-state index contributed by atoms with van der Waals surface area (Å²) in [6.07, 6.45) is 2.44. The van der Waals surface area contributed by atoms with Crippen LogP contribution in [0.2, 0.25) is 5.02 Å². The Kier molecular flexibility index (Phi) is 3.89. The van der Waals surface area contributed by atoms with E-state index >= 15 is 0 Å². The lowest BCUT2D eigenvalue weighted by molar-refractivity contribution is -0.122. The summed E-state index contributed by atoms with van der Waals surface area (Å²) >= 11 is 6.21. The van der Waals surface area contributed by atoms with E-state index in [0.717, 1.165) is 19.3 Å². The lowest BCUT2D eigenvalue weighted by atomic mass is 9.73. The van der Waals surface area contributed by atoms with E-state index in [2.05, 4.69) is 12.1 Å². The molecule has 0 radical (unpaired) electrons. The van der Waals surface area contributed by atoms with Crippen molar-refractivity contribution in [3.63, 3.8) is 0 Å². The van der Waals surface area contributed by atoms with Crippen molar-refractivity contribution in [2.24, 2.45) is 11.8 Å². The van der Waals surface area contributed by atoms with Gasteiger partial charge in [-0.2, -0.15) is 0 Å². The summed E-state index contributed by atoms with van der Waals surface area (Å²) in [6.45, 7) is 0. The van der Waals surface area contributed by atoms with Gasteiger partial charge in [-0.05, 0) is 42.9 Å². The fraction of sp³-hybridized carbons (Fsp3) is 0.300. The van der Waals surface area contributed by atoms with Gasteiger partial charge in [0.05, 0.1) is 22.5 Å². The Morgan fingerprint density at radius 2 is 1.50 bits per heavy atom. The number of fused-ring (bicyclic) bond motifs is 1. The second-order valence-electron chi connectivity index (χ2n) is 6.60. The number of carbonyl (C=O) groups is 2. The SMILES string of the molecule is O=C1C2CCC(c3ccccc3)CC2C(=O)N1c1ccccc1Cl. The molecule has 4 rings (SSSR count). The smallest absolute Gasteiger partial charge is 0.237 e. The molecular formula is C20H18ClNO2. The van der Waals surface area contributed by atoms with Crippen LogP contribution in [-0.2, 0) is 9.59 Å². The zero-order valence-electron chi connectivity index (χ0n) is 13.2. The number of para-hydroxylation sites is 1. The molecule has 0 spiro atoms. The number of nitrogens with zero attached hydrogens (tertiary/aromatic N) is 1. The van der Waals surface area contributed by atoms with Crippen LogP contribution in [0.15, 0.2) is 54.6 Å². The summed E-state index contributed by atoms with van der Waals surface area (Å²) in [5.41, 5.74) is 1.77. The van der Waals surface area contributed by atoms with Gasteiger partial charge in [0.1, 0.15) is 0 Å². The highest BCUT2D eigenvalue weighted by molar-refractivity contribution is 6.36. The third-order valence-electron chi connectivity index (χ3n) is 5.29. The van der Waals surface area contributed by atoms with Crippen molar-refractivity contribution >= 4 is 29.1 Å². The number of halogens is 1. The molecule has 1 aliphatic heterocycles. The number of hydrogen-bond acceptors (Lipinski definition) is 2. The molecule has 4 heteroatoms. The minimum atomic E-state index is -0.229. The van der Waals surface area contributed by atoms with E-state index < -0.39 is 0 Å². The predicted molar refractivity (Wildman–Crippen MR) is 94.0 cm³/mol. The van der Waals surface area contributed by atoms with E-state index in [1.807, 2.05) is 18.2 Å². The van der Waals surface area contributed by atoms with Crippen molar-refractivity contribution in [1.29, 1.82) is 0 Å². The van der Waals surface area contributed by atoms with Gasteiger partial charge in [-0.25, -0.2) is 4.90 Å². The Bertz CT molecular complexity index is 789. The van der Waals surface area contributed by atoms with Crippen molar-refractivity contribution < 1.29 is 9.59 Å². The predicted octanol–water partition coefficient (Wildman–Crippen LogP) is 4.41. The maximum absolute atomic E-state index is 12.9. The van der Waals surface area contributed by atoms with Crippen LogP contribution in [0.5, 0.6) is 0 Å². The average Bonchev–Trinajstić information content (AvgIpc) is 2.87. The van der Waals surface area contributed by atoms with Gasteiger partial charge in [0.2, 0.25) is 11.8 Å². The number of anilines is 1. The van der Waals surface area contributed by atoms with Crippen LogP contribution in [0.4, 0.5) is 5.69 Å². The zero-order chi connectivity index (χ0) is 16.7. The molecule has 24 heavy (non-hydrogen) atoms. The van der Waals surface area contributed by atoms with Gasteiger partial charge in [-0.3, -0.25) is 9.59 Å². The van der Waals surface area contributed by atoms with E-state index in [4.69, 9.17) is 11.6 Å². The third kappa shape index (κ3) is 2.44. The van der Waals surface area contributed by atoms with Crippen molar-refractivity contribution in [3.05, 3.63) is 65.2 Å². The molecule has 0 N–H and O–H groups in total. The Hall–Kier alpha value is -2.13. The number of imide groups is 1. The van der Waals surface area contributed by atoms with Crippen LogP contribution < -0.4 is 4.90 Å². The van der Waals surface area contributed by atoms with Gasteiger partial charge in [0.15, 0.2) is 0 Å². The lowest BCUT2D eigenvalue weighted by Gasteiger charge is -2.28. The van der Waals surface area contributed by atoms with Crippen molar-refractivity contribution in [1.82, 2.24) is 0 Å². The molecule has 0 aromatic heterocycles. The highest BCUT2D eigenvalue weighted by Crippen LogP contribution is 2.46. The van der Waals surface area contributed by atoms with Gasteiger partial charge >= 0.3 is 0 Å². The summed E-state index contributed by atoms with van der Waals surface area (Å²) in [4.78, 5) is 27.0. The number of amides is 2. The van der Waals surface area contributed by atoms with Crippen molar-refractivity contribution in [2.75, 3.05) is 4.90 Å². The summed E-state index contributed by atoms with van der Waals surface area (Å²) < 4.78 is 0. The van der Waals surface area contributed by atoms with Gasteiger partial charge in [-0.1, -0.05) is 54.1 Å². The number of hydrogen-bond donors (Lipinski definition) is 0. The Balaban J connectivity index is 1.63. The maximum Gasteiger partial charge on any atom is 0.237 e. The normalized spacial score (nSPS) is 26.5. The average molecular weight is 340 g/mol. The van der Waals surface area contributed by atoms with Crippen LogP contribution >= 0.6 is 11.6 Å².